The maximum atomic E-state index is 13.1. The Labute approximate surface area is 169 Å². The summed E-state index contributed by atoms with van der Waals surface area (Å²) >= 11 is 3.60. The number of halogens is 1. The van der Waals surface area contributed by atoms with Gasteiger partial charge < -0.3 is 9.30 Å². The average Bonchev–Trinajstić information content (AvgIpc) is 3.11. The lowest BCUT2D eigenvalue weighted by atomic mass is 10.1. The standard InChI is InChI=1S/C21H18BrN3O3/c1-23-17-12-25(13-8-10-14(28-3)11-9-13)19(15-6-4-5-7-16(15)22)18(17)20(26)24(2)21(23)27/h4-12H,1-3H3. The Kier molecular flexibility index (Phi) is 4.47. The van der Waals surface area contributed by atoms with E-state index < -0.39 is 0 Å². The van der Waals surface area contributed by atoms with Gasteiger partial charge in [0.1, 0.15) is 5.75 Å². The van der Waals surface area contributed by atoms with E-state index in [0.717, 1.165) is 31.7 Å². The molecule has 6 nitrogen and oxygen atoms in total. The van der Waals surface area contributed by atoms with Gasteiger partial charge in [-0.3, -0.25) is 13.9 Å². The lowest BCUT2D eigenvalue weighted by Crippen LogP contribution is -2.36. The van der Waals surface area contributed by atoms with Crippen molar-refractivity contribution in [2.75, 3.05) is 7.11 Å². The van der Waals surface area contributed by atoms with Crippen LogP contribution in [0.2, 0.25) is 0 Å². The molecule has 0 fully saturated rings. The van der Waals surface area contributed by atoms with Crippen molar-refractivity contribution >= 4 is 26.8 Å². The summed E-state index contributed by atoms with van der Waals surface area (Å²) in [5.41, 5.74) is 2.35. The number of hydrogen-bond donors (Lipinski definition) is 0. The summed E-state index contributed by atoms with van der Waals surface area (Å²) in [5.74, 6) is 0.742. The lowest BCUT2D eigenvalue weighted by molar-refractivity contribution is 0.415. The second-order valence-corrected chi connectivity index (χ2v) is 7.35. The van der Waals surface area contributed by atoms with E-state index in [1.54, 1.807) is 14.2 Å². The average molecular weight is 440 g/mol. The van der Waals surface area contributed by atoms with E-state index >= 15 is 0 Å². The first-order valence-corrected chi connectivity index (χ1v) is 9.43. The van der Waals surface area contributed by atoms with Crippen LogP contribution in [-0.2, 0) is 14.1 Å². The third-order valence-electron chi connectivity index (χ3n) is 4.92. The number of fused-ring (bicyclic) bond motifs is 1. The van der Waals surface area contributed by atoms with Gasteiger partial charge in [-0.05, 0) is 30.3 Å². The van der Waals surface area contributed by atoms with Crippen LogP contribution in [0.1, 0.15) is 0 Å². The molecule has 0 amide bonds. The van der Waals surface area contributed by atoms with Crippen LogP contribution in [0.25, 0.3) is 27.8 Å². The molecule has 2 heterocycles. The number of hydrogen-bond acceptors (Lipinski definition) is 3. The topological polar surface area (TPSA) is 58.2 Å². The SMILES string of the molecule is COc1ccc(-n2cc3c(c2-c2ccccc2Br)c(=O)n(C)c(=O)n3C)cc1. The van der Waals surface area contributed by atoms with E-state index in [-0.39, 0.29) is 11.2 Å². The number of aromatic nitrogens is 3. The van der Waals surface area contributed by atoms with E-state index in [1.165, 1.54) is 11.6 Å². The van der Waals surface area contributed by atoms with Crippen molar-refractivity contribution in [3.8, 4) is 22.7 Å². The number of aryl methyl sites for hydroxylation is 1. The lowest BCUT2D eigenvalue weighted by Gasteiger charge is -2.12. The summed E-state index contributed by atoms with van der Waals surface area (Å²) in [6.07, 6.45) is 1.83. The second-order valence-electron chi connectivity index (χ2n) is 6.49. The molecule has 28 heavy (non-hydrogen) atoms. The molecule has 0 atom stereocenters. The minimum atomic E-state index is -0.358. The van der Waals surface area contributed by atoms with Gasteiger partial charge in [0.05, 0.1) is 23.7 Å². The van der Waals surface area contributed by atoms with Crippen molar-refractivity contribution < 1.29 is 4.74 Å². The fraction of sp³-hybridized carbons (Fsp3) is 0.143. The molecule has 0 aliphatic carbocycles. The van der Waals surface area contributed by atoms with Crippen molar-refractivity contribution in [1.29, 1.82) is 0 Å². The van der Waals surface area contributed by atoms with E-state index in [1.807, 2.05) is 59.3 Å². The first-order valence-electron chi connectivity index (χ1n) is 8.64. The van der Waals surface area contributed by atoms with E-state index in [9.17, 15) is 9.59 Å². The Morgan fingerprint density at radius 3 is 2.25 bits per heavy atom. The number of nitrogens with zero attached hydrogens (tertiary/aromatic N) is 3. The largest absolute Gasteiger partial charge is 0.497 e. The fourth-order valence-corrected chi connectivity index (χ4v) is 3.88. The minimum absolute atomic E-state index is 0.323. The predicted molar refractivity (Wildman–Crippen MR) is 113 cm³/mol. The zero-order valence-corrected chi connectivity index (χ0v) is 17.2. The predicted octanol–water partition coefficient (Wildman–Crippen LogP) is 3.47. The first-order chi connectivity index (χ1) is 13.4. The minimum Gasteiger partial charge on any atom is -0.497 e. The van der Waals surface area contributed by atoms with Gasteiger partial charge in [-0.1, -0.05) is 34.1 Å². The molecule has 0 aliphatic rings. The van der Waals surface area contributed by atoms with Crippen LogP contribution in [0, 0.1) is 0 Å². The Hall–Kier alpha value is -3.06. The van der Waals surface area contributed by atoms with Gasteiger partial charge >= 0.3 is 5.69 Å². The van der Waals surface area contributed by atoms with E-state index in [4.69, 9.17) is 4.74 Å². The van der Waals surface area contributed by atoms with Crippen molar-refractivity contribution in [3.63, 3.8) is 0 Å². The summed E-state index contributed by atoms with van der Waals surface area (Å²) in [7, 11) is 4.79. The molecule has 0 spiro atoms. The molecule has 0 saturated carbocycles. The van der Waals surface area contributed by atoms with E-state index in [0.29, 0.717) is 10.9 Å². The van der Waals surface area contributed by atoms with Crippen molar-refractivity contribution in [3.05, 3.63) is 80.0 Å². The van der Waals surface area contributed by atoms with Gasteiger partial charge in [0.2, 0.25) is 0 Å². The molecule has 0 N–H and O–H groups in total. The third-order valence-corrected chi connectivity index (χ3v) is 5.61. The Bertz CT molecular complexity index is 1310. The molecule has 4 rings (SSSR count). The number of methoxy groups -OCH3 is 1. The third kappa shape index (κ3) is 2.70. The van der Waals surface area contributed by atoms with Crippen molar-refractivity contribution in [1.82, 2.24) is 13.7 Å². The Morgan fingerprint density at radius 2 is 1.61 bits per heavy atom. The maximum Gasteiger partial charge on any atom is 0.330 e. The maximum absolute atomic E-state index is 13.1. The monoisotopic (exact) mass is 439 g/mol. The van der Waals surface area contributed by atoms with Gasteiger partial charge in [-0.25, -0.2) is 4.79 Å². The second kappa shape index (κ2) is 6.83. The highest BCUT2D eigenvalue weighted by molar-refractivity contribution is 9.10. The van der Waals surface area contributed by atoms with Crippen LogP contribution >= 0.6 is 15.9 Å². The van der Waals surface area contributed by atoms with Crippen LogP contribution in [0.5, 0.6) is 5.75 Å². The number of ether oxygens (including phenoxy) is 1. The molecule has 2 aromatic carbocycles. The van der Waals surface area contributed by atoms with Gasteiger partial charge in [-0.2, -0.15) is 0 Å². The van der Waals surface area contributed by atoms with E-state index in [2.05, 4.69) is 15.9 Å². The highest BCUT2D eigenvalue weighted by Gasteiger charge is 2.21. The van der Waals surface area contributed by atoms with Gasteiger partial charge in [0.25, 0.3) is 5.56 Å². The smallest absolute Gasteiger partial charge is 0.330 e. The van der Waals surface area contributed by atoms with Crippen LogP contribution in [0.4, 0.5) is 0 Å². The van der Waals surface area contributed by atoms with Gasteiger partial charge in [0.15, 0.2) is 0 Å². The zero-order chi connectivity index (χ0) is 20.0. The summed E-state index contributed by atoms with van der Waals surface area (Å²) in [5, 5.41) is 0.493. The highest BCUT2D eigenvalue weighted by atomic mass is 79.9. The molecule has 4 aromatic rings. The molecule has 0 saturated heterocycles. The molecule has 0 radical (unpaired) electrons. The normalized spacial score (nSPS) is 11.1. The van der Waals surface area contributed by atoms with Crippen LogP contribution in [0.15, 0.2) is 68.8 Å². The summed E-state index contributed by atoms with van der Waals surface area (Å²) in [4.78, 5) is 25.5. The van der Waals surface area contributed by atoms with Crippen LogP contribution in [0.3, 0.4) is 0 Å². The Balaban J connectivity index is 2.18. The van der Waals surface area contributed by atoms with Crippen molar-refractivity contribution in [2.24, 2.45) is 14.1 Å². The molecule has 0 unspecified atom stereocenters. The summed E-state index contributed by atoms with van der Waals surface area (Å²) in [6.45, 7) is 0. The fourth-order valence-electron chi connectivity index (χ4n) is 3.41. The Morgan fingerprint density at radius 1 is 0.929 bits per heavy atom. The number of benzene rings is 2. The van der Waals surface area contributed by atoms with Crippen LogP contribution in [-0.4, -0.2) is 20.8 Å². The molecular weight excluding hydrogens is 422 g/mol. The molecule has 0 aliphatic heterocycles. The van der Waals surface area contributed by atoms with Crippen LogP contribution < -0.4 is 16.0 Å². The van der Waals surface area contributed by atoms with Crippen molar-refractivity contribution in [2.45, 2.75) is 0 Å². The molecular formula is C21H18BrN3O3. The van der Waals surface area contributed by atoms with Gasteiger partial charge in [0, 0.05) is 36.0 Å². The van der Waals surface area contributed by atoms with Gasteiger partial charge in [-0.15, -0.1) is 0 Å². The zero-order valence-electron chi connectivity index (χ0n) is 15.6. The first kappa shape index (κ1) is 18.3. The molecule has 7 heteroatoms. The summed E-state index contributed by atoms with van der Waals surface area (Å²) in [6, 6.07) is 15.3. The highest BCUT2D eigenvalue weighted by Crippen LogP contribution is 2.35. The summed E-state index contributed by atoms with van der Waals surface area (Å²) < 4.78 is 10.7. The molecule has 0 bridgehead atoms. The quantitative estimate of drug-likeness (QED) is 0.490. The number of rotatable bonds is 3. The molecule has 142 valence electrons. The molecule has 2 aromatic heterocycles.